The first-order valence-electron chi connectivity index (χ1n) is 30.4. The van der Waals surface area contributed by atoms with Gasteiger partial charge in [0, 0.05) is 12.8 Å². The van der Waals surface area contributed by atoms with Gasteiger partial charge in [-0.2, -0.15) is 0 Å². The number of ether oxygens (including phenoxy) is 3. The van der Waals surface area contributed by atoms with Crippen LogP contribution < -0.4 is 0 Å². The van der Waals surface area contributed by atoms with Gasteiger partial charge in [0.05, 0.1) is 6.42 Å². The summed E-state index contributed by atoms with van der Waals surface area (Å²) in [5.41, 5.74) is 0. The van der Waals surface area contributed by atoms with E-state index in [-0.39, 0.29) is 31.6 Å². The van der Waals surface area contributed by atoms with Crippen LogP contribution in [0.5, 0.6) is 0 Å². The summed E-state index contributed by atoms with van der Waals surface area (Å²) >= 11 is 0. The van der Waals surface area contributed by atoms with Crippen LogP contribution in [-0.2, 0) is 28.6 Å². The Morgan fingerprint density at radius 3 is 0.915 bits per heavy atom. The average Bonchev–Trinajstić information content (AvgIpc) is 3.37. The molecule has 0 aliphatic heterocycles. The first kappa shape index (κ1) is 67.8. The van der Waals surface area contributed by atoms with Crippen molar-refractivity contribution in [2.75, 3.05) is 13.2 Å². The summed E-state index contributed by atoms with van der Waals surface area (Å²) in [5, 5.41) is 0. The zero-order valence-electron chi connectivity index (χ0n) is 47.0. The van der Waals surface area contributed by atoms with E-state index in [1.54, 1.807) is 6.08 Å². The minimum absolute atomic E-state index is 0.0997. The molecule has 0 aromatic carbocycles. The number of carbonyl (C=O) groups is 3. The minimum atomic E-state index is -0.825. The van der Waals surface area contributed by atoms with Gasteiger partial charge in [-0.3, -0.25) is 14.4 Å². The lowest BCUT2D eigenvalue weighted by Gasteiger charge is -2.18. The molecule has 0 rings (SSSR count). The van der Waals surface area contributed by atoms with Crippen molar-refractivity contribution in [3.63, 3.8) is 0 Å². The standard InChI is InChI=1S/C65H114O6/c1-4-7-10-13-16-18-20-22-24-25-26-27-28-29-30-31-32-33-34-35-36-37-38-39-41-42-44-46-49-52-55-58-64(67)70-61-62(60-69-63(66)57-54-51-48-15-12-9-6-3)71-65(68)59-56-53-50-47-45-43-40-23-21-19-17-14-11-8-5-2/h8,11,17,19,23,25-26,40,45,47,53,56,62H,4-7,9-10,12-16,18,20-22,24,27-39,41-44,46,48-52,54-55,57-61H2,1-3H3/b11-8-,19-17-,26-25-,40-23-,47-45-,56-53-. The van der Waals surface area contributed by atoms with Crippen molar-refractivity contribution < 1.29 is 28.6 Å². The summed E-state index contributed by atoms with van der Waals surface area (Å²) in [6.45, 7) is 6.42. The summed E-state index contributed by atoms with van der Waals surface area (Å²) in [7, 11) is 0. The SMILES string of the molecule is CC/C=C\C/C=C\C/C=C\C/C=C\C/C=C\CC(=O)OC(COC(=O)CCCCCCCCC)COC(=O)CCCCCCCCCCCCCCCCCCCCC/C=C\CCCCCCCCCC. The monoisotopic (exact) mass is 991 g/mol. The Bertz CT molecular complexity index is 1320. The van der Waals surface area contributed by atoms with Crippen molar-refractivity contribution in [1.82, 2.24) is 0 Å². The molecule has 1 atom stereocenters. The van der Waals surface area contributed by atoms with E-state index in [1.165, 1.54) is 193 Å². The van der Waals surface area contributed by atoms with E-state index in [9.17, 15) is 14.4 Å². The third kappa shape index (κ3) is 57.6. The normalized spacial score (nSPS) is 12.5. The van der Waals surface area contributed by atoms with E-state index in [2.05, 4.69) is 81.5 Å². The number of esters is 3. The molecule has 0 saturated carbocycles. The Balaban J connectivity index is 4.06. The summed E-state index contributed by atoms with van der Waals surface area (Å²) in [4.78, 5) is 37.8. The Hall–Kier alpha value is -3.15. The average molecular weight is 992 g/mol. The predicted octanol–water partition coefficient (Wildman–Crippen LogP) is 20.5. The molecule has 0 fully saturated rings. The lowest BCUT2D eigenvalue weighted by Crippen LogP contribution is -2.30. The van der Waals surface area contributed by atoms with Crippen LogP contribution >= 0.6 is 0 Å². The zero-order chi connectivity index (χ0) is 51.4. The second-order valence-corrected chi connectivity index (χ2v) is 20.3. The molecule has 0 N–H and O–H groups in total. The molecule has 0 radical (unpaired) electrons. The van der Waals surface area contributed by atoms with Gasteiger partial charge in [0.25, 0.3) is 0 Å². The smallest absolute Gasteiger partial charge is 0.310 e. The van der Waals surface area contributed by atoms with Crippen LogP contribution in [-0.4, -0.2) is 37.2 Å². The maximum Gasteiger partial charge on any atom is 0.310 e. The van der Waals surface area contributed by atoms with Crippen molar-refractivity contribution in [3.05, 3.63) is 72.9 Å². The Labute approximate surface area is 440 Å². The molecule has 410 valence electrons. The topological polar surface area (TPSA) is 78.9 Å². The van der Waals surface area contributed by atoms with Crippen LogP contribution in [0.1, 0.15) is 303 Å². The molecule has 6 heteroatoms. The van der Waals surface area contributed by atoms with Crippen LogP contribution in [0.15, 0.2) is 72.9 Å². The lowest BCUT2D eigenvalue weighted by molar-refractivity contribution is -0.166. The largest absolute Gasteiger partial charge is 0.462 e. The van der Waals surface area contributed by atoms with Gasteiger partial charge < -0.3 is 14.2 Å². The fourth-order valence-electron chi connectivity index (χ4n) is 8.69. The van der Waals surface area contributed by atoms with Gasteiger partial charge in [-0.15, -0.1) is 0 Å². The molecular weight excluding hydrogens is 877 g/mol. The van der Waals surface area contributed by atoms with Gasteiger partial charge in [0.1, 0.15) is 13.2 Å². The van der Waals surface area contributed by atoms with Crippen molar-refractivity contribution in [2.45, 2.75) is 309 Å². The van der Waals surface area contributed by atoms with Crippen LogP contribution in [0, 0.1) is 0 Å². The first-order valence-corrected chi connectivity index (χ1v) is 30.4. The van der Waals surface area contributed by atoms with Crippen LogP contribution in [0.3, 0.4) is 0 Å². The molecule has 71 heavy (non-hydrogen) atoms. The van der Waals surface area contributed by atoms with E-state index in [4.69, 9.17) is 14.2 Å². The van der Waals surface area contributed by atoms with Crippen molar-refractivity contribution in [3.8, 4) is 0 Å². The van der Waals surface area contributed by atoms with E-state index in [0.717, 1.165) is 70.6 Å². The summed E-state index contributed by atoms with van der Waals surface area (Å²) in [5.74, 6) is -1.04. The molecule has 0 heterocycles. The summed E-state index contributed by atoms with van der Waals surface area (Å²) in [6.07, 6.45) is 77.0. The second-order valence-electron chi connectivity index (χ2n) is 20.3. The fourth-order valence-corrected chi connectivity index (χ4v) is 8.69. The van der Waals surface area contributed by atoms with Gasteiger partial charge in [-0.1, -0.05) is 286 Å². The van der Waals surface area contributed by atoms with Crippen molar-refractivity contribution in [1.29, 1.82) is 0 Å². The van der Waals surface area contributed by atoms with Crippen LogP contribution in [0.2, 0.25) is 0 Å². The number of hydrogen-bond donors (Lipinski definition) is 0. The highest BCUT2D eigenvalue weighted by Crippen LogP contribution is 2.17. The lowest BCUT2D eigenvalue weighted by atomic mass is 10.0. The molecule has 0 saturated heterocycles. The molecule has 6 nitrogen and oxygen atoms in total. The van der Waals surface area contributed by atoms with E-state index < -0.39 is 12.1 Å². The summed E-state index contributed by atoms with van der Waals surface area (Å²) in [6, 6.07) is 0. The predicted molar refractivity (Wildman–Crippen MR) is 307 cm³/mol. The zero-order valence-corrected chi connectivity index (χ0v) is 47.0. The van der Waals surface area contributed by atoms with E-state index in [1.807, 2.05) is 6.08 Å². The van der Waals surface area contributed by atoms with Crippen molar-refractivity contribution in [2.24, 2.45) is 0 Å². The number of carbonyl (C=O) groups excluding carboxylic acids is 3. The highest BCUT2D eigenvalue weighted by atomic mass is 16.6. The van der Waals surface area contributed by atoms with E-state index >= 15 is 0 Å². The van der Waals surface area contributed by atoms with Gasteiger partial charge in [0.15, 0.2) is 6.10 Å². The highest BCUT2D eigenvalue weighted by Gasteiger charge is 2.19. The first-order chi connectivity index (χ1) is 35.0. The Morgan fingerprint density at radius 1 is 0.310 bits per heavy atom. The molecule has 0 aliphatic carbocycles. The van der Waals surface area contributed by atoms with Gasteiger partial charge in [-0.25, -0.2) is 0 Å². The number of allylic oxidation sites excluding steroid dienone is 11. The van der Waals surface area contributed by atoms with E-state index in [0.29, 0.717) is 12.8 Å². The van der Waals surface area contributed by atoms with Crippen LogP contribution in [0.25, 0.3) is 0 Å². The van der Waals surface area contributed by atoms with Gasteiger partial charge in [0.2, 0.25) is 0 Å². The molecule has 0 aromatic rings. The molecule has 0 spiro atoms. The molecule has 0 aliphatic rings. The van der Waals surface area contributed by atoms with Crippen molar-refractivity contribution >= 4 is 17.9 Å². The minimum Gasteiger partial charge on any atom is -0.462 e. The maximum absolute atomic E-state index is 12.7. The summed E-state index contributed by atoms with van der Waals surface area (Å²) < 4.78 is 16.7. The second kappa shape index (κ2) is 59.4. The van der Waals surface area contributed by atoms with Gasteiger partial charge >= 0.3 is 17.9 Å². The molecule has 0 amide bonds. The highest BCUT2D eigenvalue weighted by molar-refractivity contribution is 5.72. The maximum atomic E-state index is 12.7. The molecular formula is C65H114O6. The number of hydrogen-bond acceptors (Lipinski definition) is 6. The molecule has 0 aromatic heterocycles. The third-order valence-corrected chi connectivity index (χ3v) is 13.2. The molecule has 1 unspecified atom stereocenters. The Morgan fingerprint density at radius 2 is 0.592 bits per heavy atom. The molecule has 0 bridgehead atoms. The van der Waals surface area contributed by atoms with Gasteiger partial charge in [-0.05, 0) is 70.6 Å². The Kier molecular flexibility index (Phi) is 56.8. The number of unbranched alkanes of at least 4 members (excludes halogenated alkanes) is 33. The van der Waals surface area contributed by atoms with Crippen LogP contribution in [0.4, 0.5) is 0 Å². The third-order valence-electron chi connectivity index (χ3n) is 13.2. The number of rotatable bonds is 55. The quantitative estimate of drug-likeness (QED) is 0.0261. The fraction of sp³-hybridized carbons (Fsp3) is 0.769.